The first-order valence-electron chi connectivity index (χ1n) is 14.5. The SMILES string of the molecule is CN1CCN(S(=O)(=O)N2CCC(Nc3ncc4cc(Cc5ccccc5)c(=O)n(C5CCCC5)c4n3)CC2)CC1. The van der Waals surface area contributed by atoms with Crippen molar-refractivity contribution in [3.63, 3.8) is 0 Å². The second-order valence-electron chi connectivity index (χ2n) is 11.4. The van der Waals surface area contributed by atoms with Gasteiger partial charge in [0, 0.05) is 74.9 Å². The maximum absolute atomic E-state index is 13.8. The molecular formula is C29H39N7O3S. The van der Waals surface area contributed by atoms with Crippen LogP contribution in [-0.2, 0) is 16.6 Å². The van der Waals surface area contributed by atoms with Gasteiger partial charge >= 0.3 is 0 Å². The summed E-state index contributed by atoms with van der Waals surface area (Å²) in [4.78, 5) is 25.4. The fourth-order valence-electron chi connectivity index (χ4n) is 6.29. The smallest absolute Gasteiger partial charge is 0.282 e. The fourth-order valence-corrected chi connectivity index (χ4v) is 7.91. The van der Waals surface area contributed by atoms with Crippen LogP contribution in [0, 0.1) is 0 Å². The lowest BCUT2D eigenvalue weighted by atomic mass is 10.0. The number of fused-ring (bicyclic) bond motifs is 1. The molecule has 10 nitrogen and oxygen atoms in total. The van der Waals surface area contributed by atoms with E-state index in [2.05, 4.69) is 27.3 Å². The molecule has 1 N–H and O–H groups in total. The molecule has 0 spiro atoms. The summed E-state index contributed by atoms with van der Waals surface area (Å²) >= 11 is 0. The number of pyridine rings is 1. The molecule has 0 unspecified atom stereocenters. The molecule has 3 aliphatic rings. The summed E-state index contributed by atoms with van der Waals surface area (Å²) in [6.45, 7) is 3.53. The number of hydrogen-bond acceptors (Lipinski definition) is 7. The molecule has 11 heteroatoms. The van der Waals surface area contributed by atoms with Crippen molar-refractivity contribution < 1.29 is 8.42 Å². The van der Waals surface area contributed by atoms with Gasteiger partial charge in [0.2, 0.25) is 5.95 Å². The van der Waals surface area contributed by atoms with Crippen LogP contribution in [-0.4, -0.2) is 88.8 Å². The Kier molecular flexibility index (Phi) is 7.89. The second-order valence-corrected chi connectivity index (χ2v) is 13.4. The Bertz CT molecular complexity index is 1490. The van der Waals surface area contributed by atoms with Crippen molar-refractivity contribution in [1.82, 2.24) is 28.0 Å². The summed E-state index contributed by atoms with van der Waals surface area (Å²) in [6, 6.07) is 12.3. The predicted octanol–water partition coefficient (Wildman–Crippen LogP) is 2.87. The van der Waals surface area contributed by atoms with E-state index < -0.39 is 10.2 Å². The molecule has 1 saturated carbocycles. The largest absolute Gasteiger partial charge is 0.351 e. The topological polar surface area (TPSA) is 104 Å². The Labute approximate surface area is 236 Å². The first kappa shape index (κ1) is 27.3. The second kappa shape index (κ2) is 11.6. The number of hydrogen-bond donors (Lipinski definition) is 1. The lowest BCUT2D eigenvalue weighted by Crippen LogP contribution is -2.54. The van der Waals surface area contributed by atoms with Crippen molar-refractivity contribution in [3.8, 4) is 0 Å². The van der Waals surface area contributed by atoms with Gasteiger partial charge < -0.3 is 10.2 Å². The zero-order valence-corrected chi connectivity index (χ0v) is 24.0. The normalized spacial score (nSPS) is 20.8. The predicted molar refractivity (Wildman–Crippen MR) is 157 cm³/mol. The van der Waals surface area contributed by atoms with Gasteiger partial charge in [-0.15, -0.1) is 0 Å². The molecule has 40 heavy (non-hydrogen) atoms. The zero-order chi connectivity index (χ0) is 27.7. The molecule has 1 aromatic carbocycles. The highest BCUT2D eigenvalue weighted by molar-refractivity contribution is 7.86. The first-order valence-corrected chi connectivity index (χ1v) is 15.9. The van der Waals surface area contributed by atoms with Gasteiger partial charge in [0.25, 0.3) is 15.8 Å². The van der Waals surface area contributed by atoms with Crippen LogP contribution < -0.4 is 10.9 Å². The quantitative estimate of drug-likeness (QED) is 0.470. The van der Waals surface area contributed by atoms with Crippen molar-refractivity contribution in [2.24, 2.45) is 0 Å². The lowest BCUT2D eigenvalue weighted by molar-refractivity contribution is 0.206. The number of anilines is 1. The van der Waals surface area contributed by atoms with Gasteiger partial charge in [-0.05, 0) is 44.4 Å². The Hall–Kier alpha value is -2.86. The Morgan fingerprint density at radius 3 is 2.30 bits per heavy atom. The number of nitrogens with zero attached hydrogens (tertiary/aromatic N) is 6. The van der Waals surface area contributed by atoms with Crippen LogP contribution in [0.2, 0.25) is 0 Å². The molecule has 0 atom stereocenters. The van der Waals surface area contributed by atoms with Gasteiger partial charge in [-0.2, -0.15) is 22.0 Å². The van der Waals surface area contributed by atoms with Crippen LogP contribution in [0.3, 0.4) is 0 Å². The highest BCUT2D eigenvalue weighted by Gasteiger charge is 2.34. The monoisotopic (exact) mass is 565 g/mol. The minimum atomic E-state index is -3.44. The van der Waals surface area contributed by atoms with E-state index in [1.807, 2.05) is 42.1 Å². The zero-order valence-electron chi connectivity index (χ0n) is 23.2. The van der Waals surface area contributed by atoms with E-state index in [0.29, 0.717) is 57.0 Å². The third-order valence-corrected chi connectivity index (χ3v) is 10.7. The number of likely N-dealkylation sites (N-methyl/N-ethyl adjacent to an activating group) is 1. The van der Waals surface area contributed by atoms with Crippen LogP contribution in [0.1, 0.15) is 55.7 Å². The highest BCUT2D eigenvalue weighted by atomic mass is 32.2. The number of benzene rings is 1. The Morgan fingerprint density at radius 2 is 1.60 bits per heavy atom. The lowest BCUT2D eigenvalue weighted by Gasteiger charge is -2.38. The van der Waals surface area contributed by atoms with Crippen LogP contribution >= 0.6 is 0 Å². The summed E-state index contributed by atoms with van der Waals surface area (Å²) in [6.07, 6.45) is 7.96. The molecule has 2 saturated heterocycles. The molecule has 0 radical (unpaired) electrons. The molecular weight excluding hydrogens is 526 g/mol. The molecule has 214 valence electrons. The highest BCUT2D eigenvalue weighted by Crippen LogP contribution is 2.31. The number of nitrogens with one attached hydrogen (secondary N) is 1. The van der Waals surface area contributed by atoms with E-state index in [-0.39, 0.29) is 17.6 Å². The van der Waals surface area contributed by atoms with E-state index in [4.69, 9.17) is 4.98 Å². The molecule has 1 aliphatic carbocycles. The summed E-state index contributed by atoms with van der Waals surface area (Å²) in [7, 11) is -1.42. The summed E-state index contributed by atoms with van der Waals surface area (Å²) in [5.41, 5.74) is 2.59. The van der Waals surface area contributed by atoms with E-state index in [9.17, 15) is 13.2 Å². The third kappa shape index (κ3) is 5.65. The fraction of sp³-hybridized carbons (Fsp3) is 0.552. The molecule has 2 aromatic heterocycles. The average molecular weight is 566 g/mol. The van der Waals surface area contributed by atoms with Crippen molar-refractivity contribution in [2.45, 2.75) is 57.0 Å². The average Bonchev–Trinajstić information content (AvgIpc) is 3.49. The number of piperidine rings is 1. The first-order chi connectivity index (χ1) is 19.4. The van der Waals surface area contributed by atoms with E-state index in [1.54, 1.807) is 8.61 Å². The number of aromatic nitrogens is 3. The molecule has 6 rings (SSSR count). The van der Waals surface area contributed by atoms with Crippen LogP contribution in [0.5, 0.6) is 0 Å². The van der Waals surface area contributed by atoms with Gasteiger partial charge in [0.05, 0.1) is 0 Å². The van der Waals surface area contributed by atoms with Gasteiger partial charge in [-0.25, -0.2) is 4.98 Å². The van der Waals surface area contributed by atoms with Crippen molar-refractivity contribution >= 4 is 27.2 Å². The van der Waals surface area contributed by atoms with Gasteiger partial charge in [0.1, 0.15) is 5.65 Å². The van der Waals surface area contributed by atoms with Crippen molar-refractivity contribution in [3.05, 3.63) is 64.1 Å². The van der Waals surface area contributed by atoms with E-state index in [1.165, 1.54) is 0 Å². The number of piperazine rings is 1. The van der Waals surface area contributed by atoms with Crippen LogP contribution in [0.15, 0.2) is 47.4 Å². The molecule has 0 amide bonds. The summed E-state index contributed by atoms with van der Waals surface area (Å²) in [5.74, 6) is 0.495. The molecule has 3 aromatic rings. The van der Waals surface area contributed by atoms with Crippen LogP contribution in [0.25, 0.3) is 11.0 Å². The maximum atomic E-state index is 13.8. The van der Waals surface area contributed by atoms with Gasteiger partial charge in [-0.1, -0.05) is 43.2 Å². The number of rotatable bonds is 7. The van der Waals surface area contributed by atoms with E-state index in [0.717, 1.165) is 55.3 Å². The third-order valence-electron chi connectivity index (χ3n) is 8.68. The standard InChI is InChI=1S/C29H39N7O3S/c1-33-15-17-35(18-16-33)40(38,39)34-13-11-25(12-14-34)31-29-30-21-24-20-23(19-22-7-3-2-4-8-22)28(37)36(27(24)32-29)26-9-5-6-10-26/h2-4,7-8,20-21,25-26H,5-6,9-19H2,1H3,(H,30,31,32). The molecule has 2 aliphatic heterocycles. The molecule has 4 heterocycles. The van der Waals surface area contributed by atoms with Gasteiger partial charge in [-0.3, -0.25) is 9.36 Å². The van der Waals surface area contributed by atoms with E-state index >= 15 is 0 Å². The van der Waals surface area contributed by atoms with Crippen molar-refractivity contribution in [1.29, 1.82) is 0 Å². The minimum Gasteiger partial charge on any atom is -0.351 e. The molecule has 0 bridgehead atoms. The summed E-state index contributed by atoms with van der Waals surface area (Å²) in [5, 5.41) is 4.31. The molecule has 3 fully saturated rings. The maximum Gasteiger partial charge on any atom is 0.282 e. The van der Waals surface area contributed by atoms with Gasteiger partial charge in [0.15, 0.2) is 0 Å². The van der Waals surface area contributed by atoms with Crippen LogP contribution in [0.4, 0.5) is 5.95 Å². The Morgan fingerprint density at radius 1 is 0.925 bits per heavy atom. The Balaban J connectivity index is 1.20. The minimum absolute atomic E-state index is 0.0373. The van der Waals surface area contributed by atoms with Crippen molar-refractivity contribution in [2.75, 3.05) is 51.6 Å². The summed E-state index contributed by atoms with van der Waals surface area (Å²) < 4.78 is 31.4.